The van der Waals surface area contributed by atoms with Gasteiger partial charge in [-0.05, 0) is 63.1 Å². The third kappa shape index (κ3) is 1.86. The Labute approximate surface area is 87.2 Å². The van der Waals surface area contributed by atoms with Crippen molar-refractivity contribution in [1.82, 2.24) is 0 Å². The van der Waals surface area contributed by atoms with Crippen molar-refractivity contribution >= 4 is 50.1 Å². The van der Waals surface area contributed by atoms with Crippen molar-refractivity contribution in [2.24, 2.45) is 0 Å². The maximum Gasteiger partial charge on any atom is 0.0419 e. The molecule has 54 valence electrons. The van der Waals surface area contributed by atoms with Crippen LogP contribution in [0.2, 0.25) is 5.02 Å². The molecule has 0 radical (unpaired) electrons. The second kappa shape index (κ2) is 3.41. The minimum Gasteiger partial charge on any atom is -0.0843 e. The summed E-state index contributed by atoms with van der Waals surface area (Å²) < 4.78 is 2.29. The highest BCUT2D eigenvalue weighted by Gasteiger charge is 2.00. The van der Waals surface area contributed by atoms with Gasteiger partial charge in [-0.1, -0.05) is 11.6 Å². The SMILES string of the molecule is Cc1cc(Cl)cc(I)c1Br. The van der Waals surface area contributed by atoms with Gasteiger partial charge in [0.25, 0.3) is 0 Å². The first-order valence-corrected chi connectivity index (χ1v) is 4.97. The molecule has 0 unspecified atom stereocenters. The third-order valence-corrected chi connectivity index (χ3v) is 4.04. The van der Waals surface area contributed by atoms with Crippen LogP contribution in [0.3, 0.4) is 0 Å². The number of rotatable bonds is 0. The Hall–Kier alpha value is 0.720. The van der Waals surface area contributed by atoms with Gasteiger partial charge in [0, 0.05) is 13.1 Å². The Morgan fingerprint density at radius 2 is 2.10 bits per heavy atom. The Morgan fingerprint density at radius 1 is 1.50 bits per heavy atom. The first-order valence-electron chi connectivity index (χ1n) is 2.72. The summed E-state index contributed by atoms with van der Waals surface area (Å²) in [7, 11) is 0. The first-order chi connectivity index (χ1) is 4.61. The standard InChI is InChI=1S/C7H5BrClI/c1-4-2-5(9)3-6(10)7(4)8/h2-3H,1H3. The van der Waals surface area contributed by atoms with Crippen molar-refractivity contribution in [2.45, 2.75) is 6.92 Å². The zero-order chi connectivity index (χ0) is 7.72. The van der Waals surface area contributed by atoms with Crippen molar-refractivity contribution < 1.29 is 0 Å². The van der Waals surface area contributed by atoms with Crippen LogP contribution in [0.5, 0.6) is 0 Å². The minimum absolute atomic E-state index is 0.796. The molecule has 0 atom stereocenters. The topological polar surface area (TPSA) is 0 Å². The van der Waals surface area contributed by atoms with E-state index >= 15 is 0 Å². The van der Waals surface area contributed by atoms with Crippen LogP contribution in [-0.4, -0.2) is 0 Å². The van der Waals surface area contributed by atoms with E-state index in [9.17, 15) is 0 Å². The fourth-order valence-electron chi connectivity index (χ4n) is 0.685. The maximum atomic E-state index is 5.80. The van der Waals surface area contributed by atoms with Crippen molar-refractivity contribution in [3.8, 4) is 0 Å². The van der Waals surface area contributed by atoms with E-state index in [0.29, 0.717) is 0 Å². The van der Waals surface area contributed by atoms with E-state index < -0.39 is 0 Å². The van der Waals surface area contributed by atoms with Crippen LogP contribution in [0.4, 0.5) is 0 Å². The molecular formula is C7H5BrClI. The molecule has 0 aliphatic rings. The molecule has 0 amide bonds. The molecule has 0 aliphatic heterocycles. The van der Waals surface area contributed by atoms with Gasteiger partial charge in [0.2, 0.25) is 0 Å². The van der Waals surface area contributed by atoms with Crippen LogP contribution < -0.4 is 0 Å². The van der Waals surface area contributed by atoms with E-state index in [0.717, 1.165) is 13.1 Å². The fourth-order valence-corrected chi connectivity index (χ4v) is 2.13. The number of hydrogen-bond donors (Lipinski definition) is 0. The number of aryl methyl sites for hydroxylation is 1. The molecule has 0 bridgehead atoms. The normalized spacial score (nSPS) is 10.0. The molecule has 0 N–H and O–H groups in total. The molecule has 0 fully saturated rings. The van der Waals surface area contributed by atoms with E-state index in [1.54, 1.807) is 0 Å². The summed E-state index contributed by atoms with van der Waals surface area (Å²) >= 11 is 11.5. The minimum atomic E-state index is 0.796. The van der Waals surface area contributed by atoms with Crippen LogP contribution >= 0.6 is 50.1 Å². The van der Waals surface area contributed by atoms with Gasteiger partial charge in [-0.2, -0.15) is 0 Å². The van der Waals surface area contributed by atoms with Crippen molar-refractivity contribution in [1.29, 1.82) is 0 Å². The van der Waals surface area contributed by atoms with E-state index in [4.69, 9.17) is 11.6 Å². The van der Waals surface area contributed by atoms with Crippen LogP contribution in [0.15, 0.2) is 16.6 Å². The van der Waals surface area contributed by atoms with E-state index in [1.165, 1.54) is 5.56 Å². The van der Waals surface area contributed by atoms with Crippen molar-refractivity contribution in [2.75, 3.05) is 0 Å². The quantitative estimate of drug-likeness (QED) is 0.498. The highest BCUT2D eigenvalue weighted by atomic mass is 127. The molecule has 3 heteroatoms. The van der Waals surface area contributed by atoms with Crippen LogP contribution in [0.1, 0.15) is 5.56 Å². The average molecular weight is 331 g/mol. The van der Waals surface area contributed by atoms with Gasteiger partial charge < -0.3 is 0 Å². The van der Waals surface area contributed by atoms with E-state index in [1.807, 2.05) is 19.1 Å². The third-order valence-electron chi connectivity index (χ3n) is 1.17. The second-order valence-electron chi connectivity index (χ2n) is 2.02. The second-order valence-corrected chi connectivity index (χ2v) is 4.41. The van der Waals surface area contributed by atoms with Gasteiger partial charge in [0.1, 0.15) is 0 Å². The summed E-state index contributed by atoms with van der Waals surface area (Å²) in [6, 6.07) is 3.87. The largest absolute Gasteiger partial charge is 0.0843 e. The molecular weight excluding hydrogens is 326 g/mol. The van der Waals surface area contributed by atoms with Gasteiger partial charge in [0.15, 0.2) is 0 Å². The molecule has 0 aromatic heterocycles. The first kappa shape index (κ1) is 8.81. The van der Waals surface area contributed by atoms with Gasteiger partial charge in [-0.25, -0.2) is 0 Å². The average Bonchev–Trinajstić information content (AvgIpc) is 1.82. The molecule has 1 aromatic carbocycles. The smallest absolute Gasteiger partial charge is 0.0419 e. The molecule has 0 aliphatic carbocycles. The maximum absolute atomic E-state index is 5.80. The molecule has 1 rings (SSSR count). The fraction of sp³-hybridized carbons (Fsp3) is 0.143. The van der Waals surface area contributed by atoms with E-state index in [-0.39, 0.29) is 0 Å². The molecule has 0 saturated carbocycles. The van der Waals surface area contributed by atoms with Gasteiger partial charge in [0.05, 0.1) is 0 Å². The molecule has 0 saturated heterocycles. The zero-order valence-corrected chi connectivity index (χ0v) is 9.79. The number of halogens is 3. The van der Waals surface area contributed by atoms with Gasteiger partial charge >= 0.3 is 0 Å². The Bertz CT molecular complexity index is 237. The molecule has 0 spiro atoms. The van der Waals surface area contributed by atoms with E-state index in [2.05, 4.69) is 38.5 Å². The Morgan fingerprint density at radius 3 is 2.60 bits per heavy atom. The Balaban J connectivity index is 3.31. The van der Waals surface area contributed by atoms with Crippen LogP contribution in [-0.2, 0) is 0 Å². The predicted octanol–water partition coefficient (Wildman–Crippen LogP) is 4.02. The number of benzene rings is 1. The summed E-state index contributed by atoms with van der Waals surface area (Å²) in [5.41, 5.74) is 1.18. The van der Waals surface area contributed by atoms with Crippen LogP contribution in [0.25, 0.3) is 0 Å². The van der Waals surface area contributed by atoms with Crippen molar-refractivity contribution in [3.05, 3.63) is 30.8 Å². The molecule has 0 nitrogen and oxygen atoms in total. The monoisotopic (exact) mass is 330 g/mol. The summed E-state index contributed by atoms with van der Waals surface area (Å²) in [6.45, 7) is 2.03. The number of hydrogen-bond acceptors (Lipinski definition) is 0. The van der Waals surface area contributed by atoms with Gasteiger partial charge in [-0.15, -0.1) is 0 Å². The molecule has 0 heterocycles. The lowest BCUT2D eigenvalue weighted by Crippen LogP contribution is -1.79. The summed E-state index contributed by atoms with van der Waals surface area (Å²) in [5, 5.41) is 0.796. The summed E-state index contributed by atoms with van der Waals surface area (Å²) in [6.07, 6.45) is 0. The van der Waals surface area contributed by atoms with Crippen molar-refractivity contribution in [3.63, 3.8) is 0 Å². The summed E-state index contributed by atoms with van der Waals surface area (Å²) in [4.78, 5) is 0. The lowest BCUT2D eigenvalue weighted by atomic mass is 10.2. The predicted molar refractivity (Wildman–Crippen MR) is 56.6 cm³/mol. The molecule has 1 aromatic rings. The lowest BCUT2D eigenvalue weighted by Gasteiger charge is -2.00. The molecule has 10 heavy (non-hydrogen) atoms. The van der Waals surface area contributed by atoms with Gasteiger partial charge in [-0.3, -0.25) is 0 Å². The Kier molecular flexibility index (Phi) is 3.01. The zero-order valence-electron chi connectivity index (χ0n) is 5.29. The highest BCUT2D eigenvalue weighted by molar-refractivity contribution is 14.1. The highest BCUT2D eigenvalue weighted by Crippen LogP contribution is 2.26. The lowest BCUT2D eigenvalue weighted by molar-refractivity contribution is 1.40. The van der Waals surface area contributed by atoms with Crippen LogP contribution in [0, 0.1) is 10.5 Å². The summed E-state index contributed by atoms with van der Waals surface area (Å²) in [5.74, 6) is 0.